The summed E-state index contributed by atoms with van der Waals surface area (Å²) in [5.41, 5.74) is 0.0175. The van der Waals surface area contributed by atoms with Crippen LogP contribution in [0.3, 0.4) is 0 Å². The lowest BCUT2D eigenvalue weighted by atomic mass is 9.97. The summed E-state index contributed by atoms with van der Waals surface area (Å²) in [7, 11) is 0. The van der Waals surface area contributed by atoms with Gasteiger partial charge in [0.15, 0.2) is 5.01 Å². The predicted molar refractivity (Wildman–Crippen MR) is 116 cm³/mol. The molecule has 33 heavy (non-hydrogen) atoms. The molecular weight excluding hydrogens is 482 g/mol. The van der Waals surface area contributed by atoms with Gasteiger partial charge >= 0.3 is 6.18 Å². The van der Waals surface area contributed by atoms with Crippen molar-refractivity contribution >= 4 is 40.4 Å². The van der Waals surface area contributed by atoms with Crippen molar-refractivity contribution in [2.24, 2.45) is 0 Å². The highest BCUT2D eigenvalue weighted by Gasteiger charge is 2.35. The average molecular weight is 498 g/mol. The second-order valence-electron chi connectivity index (χ2n) is 7.38. The topological polar surface area (TPSA) is 62.3 Å². The van der Waals surface area contributed by atoms with Gasteiger partial charge in [-0.3, -0.25) is 9.59 Å². The Labute approximate surface area is 195 Å². The van der Waals surface area contributed by atoms with Gasteiger partial charge in [0.25, 0.3) is 5.91 Å². The summed E-state index contributed by atoms with van der Waals surface area (Å²) in [5, 5.41) is 4.95. The van der Waals surface area contributed by atoms with Crippen LogP contribution in [0.5, 0.6) is 0 Å². The summed E-state index contributed by atoms with van der Waals surface area (Å²) < 4.78 is 53.1. The van der Waals surface area contributed by atoms with Gasteiger partial charge in [-0.25, -0.2) is 9.37 Å². The molecule has 1 aliphatic rings. The highest BCUT2D eigenvalue weighted by atomic mass is 35.5. The van der Waals surface area contributed by atoms with Crippen LogP contribution in [0.2, 0.25) is 5.02 Å². The average Bonchev–Trinajstić information content (AvgIpc) is 3.30. The van der Waals surface area contributed by atoms with Crippen LogP contribution in [0, 0.1) is 5.82 Å². The van der Waals surface area contributed by atoms with Gasteiger partial charge in [-0.15, -0.1) is 11.3 Å². The summed E-state index contributed by atoms with van der Waals surface area (Å²) in [4.78, 5) is 30.8. The molecule has 2 amide bonds. The molecule has 0 bridgehead atoms. The number of nitrogens with one attached hydrogen (secondary N) is 1. The minimum atomic E-state index is -4.86. The monoisotopic (exact) mass is 497 g/mol. The first-order valence-corrected chi connectivity index (χ1v) is 11.0. The molecule has 11 heteroatoms. The molecule has 0 saturated heterocycles. The third-order valence-corrected chi connectivity index (χ3v) is 6.33. The number of thiazole rings is 1. The summed E-state index contributed by atoms with van der Waals surface area (Å²) in [6, 6.07) is 6.13. The van der Waals surface area contributed by atoms with Crippen molar-refractivity contribution in [3.05, 3.63) is 80.0 Å². The van der Waals surface area contributed by atoms with Crippen molar-refractivity contribution in [2.45, 2.75) is 25.6 Å². The third kappa shape index (κ3) is 4.86. The molecule has 0 unspecified atom stereocenters. The van der Waals surface area contributed by atoms with Crippen LogP contribution in [-0.2, 0) is 30.4 Å². The number of hydrogen-bond donors (Lipinski definition) is 1. The Morgan fingerprint density at radius 3 is 2.70 bits per heavy atom. The fourth-order valence-electron chi connectivity index (χ4n) is 3.69. The molecule has 0 radical (unpaired) electrons. The molecule has 1 N–H and O–H groups in total. The summed E-state index contributed by atoms with van der Waals surface area (Å²) in [6.07, 6.45) is -3.50. The van der Waals surface area contributed by atoms with Crippen molar-refractivity contribution in [3.63, 3.8) is 0 Å². The summed E-state index contributed by atoms with van der Waals surface area (Å²) >= 11 is 7.52. The molecule has 5 nitrogen and oxygen atoms in total. The van der Waals surface area contributed by atoms with Crippen LogP contribution in [0.25, 0.3) is 0 Å². The molecule has 4 rings (SSSR count). The van der Waals surface area contributed by atoms with Crippen molar-refractivity contribution in [1.82, 2.24) is 9.88 Å². The number of rotatable bonds is 4. The number of carbonyl (C=O) groups excluding carboxylic acids is 2. The van der Waals surface area contributed by atoms with Crippen molar-refractivity contribution in [2.75, 3.05) is 11.9 Å². The van der Waals surface area contributed by atoms with Gasteiger partial charge in [0.05, 0.1) is 22.7 Å². The van der Waals surface area contributed by atoms with E-state index in [9.17, 15) is 27.2 Å². The summed E-state index contributed by atoms with van der Waals surface area (Å²) in [5.74, 6) is -2.38. The fourth-order valence-corrected chi connectivity index (χ4v) is 4.52. The number of anilines is 1. The Hall–Kier alpha value is -2.98. The van der Waals surface area contributed by atoms with Crippen LogP contribution in [-0.4, -0.2) is 28.2 Å². The van der Waals surface area contributed by atoms with E-state index in [1.165, 1.54) is 11.3 Å². The van der Waals surface area contributed by atoms with Crippen LogP contribution in [0.1, 0.15) is 32.1 Å². The number of alkyl halides is 3. The van der Waals surface area contributed by atoms with Crippen LogP contribution < -0.4 is 5.32 Å². The maximum Gasteiger partial charge on any atom is 0.419 e. The zero-order chi connectivity index (χ0) is 23.8. The largest absolute Gasteiger partial charge is 0.419 e. The number of fused-ring (bicyclic) bond motifs is 1. The lowest BCUT2D eigenvalue weighted by molar-refractivity contribution is -0.140. The van der Waals surface area contributed by atoms with Crippen molar-refractivity contribution < 1.29 is 27.2 Å². The van der Waals surface area contributed by atoms with E-state index in [0.717, 1.165) is 23.3 Å². The zero-order valence-electron chi connectivity index (χ0n) is 16.9. The molecule has 2 heterocycles. The fraction of sp³-hybridized carbons (Fsp3) is 0.227. The van der Waals surface area contributed by atoms with E-state index in [1.807, 2.05) is 0 Å². The zero-order valence-corrected chi connectivity index (χ0v) is 18.5. The Morgan fingerprint density at radius 2 is 2.00 bits per heavy atom. The standard InChI is InChI=1S/C22H16ClF4N3O2S/c23-16-5-4-13-11-30(21(32)20-28-7-9-33-20)8-6-14(13)19(16)29-17(31)10-12-2-1-3-15(18(12)24)22(25,26)27/h1-5,7,9H,6,8,10-11H2,(H,29,31). The molecule has 0 saturated carbocycles. The van der Waals surface area contributed by atoms with E-state index in [1.54, 1.807) is 28.6 Å². The highest BCUT2D eigenvalue weighted by molar-refractivity contribution is 7.11. The van der Waals surface area contributed by atoms with Gasteiger partial charge in [0.1, 0.15) is 5.82 Å². The minimum absolute atomic E-state index is 0.198. The second kappa shape index (κ2) is 9.11. The molecule has 1 aromatic heterocycles. The van der Waals surface area contributed by atoms with Crippen LogP contribution in [0.4, 0.5) is 23.2 Å². The molecule has 3 aromatic rings. The van der Waals surface area contributed by atoms with E-state index in [4.69, 9.17) is 11.6 Å². The van der Waals surface area contributed by atoms with E-state index >= 15 is 0 Å². The summed E-state index contributed by atoms with van der Waals surface area (Å²) in [6.45, 7) is 0.660. The number of benzene rings is 2. The minimum Gasteiger partial charge on any atom is -0.332 e. The second-order valence-corrected chi connectivity index (χ2v) is 8.68. The Morgan fingerprint density at radius 1 is 1.21 bits per heavy atom. The van der Waals surface area contributed by atoms with E-state index < -0.39 is 29.9 Å². The third-order valence-electron chi connectivity index (χ3n) is 5.25. The molecule has 0 spiro atoms. The van der Waals surface area contributed by atoms with Gasteiger partial charge in [-0.2, -0.15) is 13.2 Å². The first-order chi connectivity index (χ1) is 15.6. The Balaban J connectivity index is 1.53. The maximum absolute atomic E-state index is 14.3. The quantitative estimate of drug-likeness (QED) is 0.495. The van der Waals surface area contributed by atoms with E-state index in [-0.39, 0.29) is 23.0 Å². The van der Waals surface area contributed by atoms with Crippen molar-refractivity contribution in [3.8, 4) is 0 Å². The number of amides is 2. The van der Waals surface area contributed by atoms with E-state index in [2.05, 4.69) is 10.3 Å². The first kappa shape index (κ1) is 23.2. The number of nitrogens with zero attached hydrogens (tertiary/aromatic N) is 2. The number of halogens is 5. The molecule has 0 fully saturated rings. The SMILES string of the molecule is O=C(Cc1cccc(C(F)(F)F)c1F)Nc1c(Cl)ccc2c1CCN(C(=O)c1nccs1)C2. The van der Waals surface area contributed by atoms with Gasteiger partial charge in [-0.05, 0) is 35.2 Å². The lowest BCUT2D eigenvalue weighted by Crippen LogP contribution is -2.36. The molecule has 172 valence electrons. The number of hydrogen-bond acceptors (Lipinski definition) is 4. The lowest BCUT2D eigenvalue weighted by Gasteiger charge is -2.30. The van der Waals surface area contributed by atoms with Crippen molar-refractivity contribution in [1.29, 1.82) is 0 Å². The molecule has 2 aromatic carbocycles. The Kier molecular flexibility index (Phi) is 6.40. The maximum atomic E-state index is 14.3. The van der Waals surface area contributed by atoms with Gasteiger partial charge < -0.3 is 10.2 Å². The van der Waals surface area contributed by atoms with Crippen LogP contribution in [0.15, 0.2) is 41.9 Å². The molecule has 0 aliphatic carbocycles. The number of aromatic nitrogens is 1. The normalized spacial score (nSPS) is 13.5. The predicted octanol–water partition coefficient (Wildman–Crippen LogP) is 5.33. The van der Waals surface area contributed by atoms with Gasteiger partial charge in [-0.1, -0.05) is 29.8 Å². The van der Waals surface area contributed by atoms with E-state index in [0.29, 0.717) is 29.7 Å². The molecular formula is C22H16ClF4N3O2S. The Bertz CT molecular complexity index is 1220. The van der Waals surface area contributed by atoms with Gasteiger partial charge in [0, 0.05) is 24.7 Å². The van der Waals surface area contributed by atoms with Crippen LogP contribution >= 0.6 is 22.9 Å². The first-order valence-electron chi connectivity index (χ1n) is 9.78. The highest BCUT2D eigenvalue weighted by Crippen LogP contribution is 2.35. The number of carbonyl (C=O) groups is 2. The van der Waals surface area contributed by atoms with Gasteiger partial charge in [0.2, 0.25) is 5.91 Å². The molecule has 1 aliphatic heterocycles. The molecule has 0 atom stereocenters. The smallest absolute Gasteiger partial charge is 0.332 e.